The van der Waals surface area contributed by atoms with Gasteiger partial charge in [0.2, 0.25) is 5.91 Å². The molecule has 0 bridgehead atoms. The number of aromatic nitrogens is 1. The van der Waals surface area contributed by atoms with E-state index in [1.807, 2.05) is 29.2 Å². The van der Waals surface area contributed by atoms with E-state index in [9.17, 15) is 14.0 Å². The van der Waals surface area contributed by atoms with E-state index >= 15 is 0 Å². The smallest absolute Gasteiger partial charge is 0.254 e. The molecule has 4 rings (SSSR count). The molecule has 5 nitrogen and oxygen atoms in total. The summed E-state index contributed by atoms with van der Waals surface area (Å²) in [7, 11) is 0. The van der Waals surface area contributed by atoms with Gasteiger partial charge in [0.25, 0.3) is 5.91 Å². The highest BCUT2D eigenvalue weighted by molar-refractivity contribution is 5.96. The topological polar surface area (TPSA) is 45.6 Å². The number of carbonyl (C=O) groups excluding carboxylic acids is 2. The number of rotatable bonds is 11. The Balaban J connectivity index is 1.54. The summed E-state index contributed by atoms with van der Waals surface area (Å²) in [4.78, 5) is 30.7. The largest absolute Gasteiger partial charge is 0.345 e. The summed E-state index contributed by atoms with van der Waals surface area (Å²) in [5.41, 5.74) is 2.58. The first-order valence-electron chi connectivity index (χ1n) is 13.6. The lowest BCUT2D eigenvalue weighted by Gasteiger charge is -2.36. The molecule has 0 N–H and O–H groups in total. The summed E-state index contributed by atoms with van der Waals surface area (Å²) in [5, 5.41) is 0. The molecule has 0 aliphatic heterocycles. The number of hydrogen-bond donors (Lipinski definition) is 0. The first-order valence-corrected chi connectivity index (χ1v) is 13.6. The maximum absolute atomic E-state index is 13.9. The summed E-state index contributed by atoms with van der Waals surface area (Å²) in [6.45, 7) is 3.79. The van der Waals surface area contributed by atoms with Gasteiger partial charge in [0.15, 0.2) is 0 Å². The van der Waals surface area contributed by atoms with Crippen LogP contribution in [0.5, 0.6) is 0 Å². The summed E-state index contributed by atoms with van der Waals surface area (Å²) < 4.78 is 16.0. The standard InChI is InChI=1S/C31H38FN3O2/c1-2-3-19-34(31(37)26-14-10-15-27(32)21-26)24-30(36)35(28-16-8-5-9-17-28)23-29-18-11-20-33(29)22-25-12-6-4-7-13-25/h4,6-7,10-15,18,20-21,28H,2-3,5,8-9,16-17,19,22-24H2,1H3. The minimum absolute atomic E-state index is 0.00520. The Hall–Kier alpha value is -3.41. The third-order valence-corrected chi connectivity index (χ3v) is 7.25. The average molecular weight is 504 g/mol. The molecular weight excluding hydrogens is 465 g/mol. The van der Waals surface area contributed by atoms with E-state index in [-0.39, 0.29) is 30.0 Å². The molecule has 1 heterocycles. The van der Waals surface area contributed by atoms with Crippen molar-refractivity contribution in [2.75, 3.05) is 13.1 Å². The SMILES string of the molecule is CCCCN(CC(=O)N(Cc1cccn1Cc1ccccc1)C1CCCCC1)C(=O)c1cccc(F)c1. The van der Waals surface area contributed by atoms with E-state index in [1.54, 1.807) is 11.0 Å². The lowest BCUT2D eigenvalue weighted by atomic mass is 9.94. The zero-order valence-electron chi connectivity index (χ0n) is 21.8. The number of unbranched alkanes of at least 4 members (excludes halogenated alkanes) is 1. The fourth-order valence-electron chi connectivity index (χ4n) is 5.18. The van der Waals surface area contributed by atoms with Gasteiger partial charge in [-0.25, -0.2) is 4.39 Å². The lowest BCUT2D eigenvalue weighted by Crippen LogP contribution is -2.47. The van der Waals surface area contributed by atoms with Crippen molar-refractivity contribution in [3.8, 4) is 0 Å². The van der Waals surface area contributed by atoms with E-state index in [0.29, 0.717) is 13.1 Å². The highest BCUT2D eigenvalue weighted by Crippen LogP contribution is 2.25. The van der Waals surface area contributed by atoms with Crippen molar-refractivity contribution >= 4 is 11.8 Å². The third-order valence-electron chi connectivity index (χ3n) is 7.25. The molecule has 2 amide bonds. The molecule has 3 aromatic rings. The second kappa shape index (κ2) is 13.2. The molecule has 1 fully saturated rings. The summed E-state index contributed by atoms with van der Waals surface area (Å²) in [6.07, 6.45) is 9.15. The number of hydrogen-bond acceptors (Lipinski definition) is 2. The molecule has 0 saturated heterocycles. The van der Waals surface area contributed by atoms with E-state index in [0.717, 1.165) is 50.8 Å². The van der Waals surface area contributed by atoms with Crippen LogP contribution in [-0.2, 0) is 17.9 Å². The Labute approximate surface area is 219 Å². The molecular formula is C31H38FN3O2. The molecule has 6 heteroatoms. The predicted octanol–water partition coefficient (Wildman–Crippen LogP) is 6.28. The van der Waals surface area contributed by atoms with Crippen molar-refractivity contribution in [1.82, 2.24) is 14.4 Å². The van der Waals surface area contributed by atoms with E-state index in [2.05, 4.69) is 35.9 Å². The van der Waals surface area contributed by atoms with Gasteiger partial charge in [-0.05, 0) is 55.2 Å². The number of benzene rings is 2. The van der Waals surface area contributed by atoms with Crippen molar-refractivity contribution in [3.63, 3.8) is 0 Å². The van der Waals surface area contributed by atoms with Crippen molar-refractivity contribution in [3.05, 3.63) is 95.6 Å². The minimum Gasteiger partial charge on any atom is -0.345 e. The zero-order valence-corrected chi connectivity index (χ0v) is 21.8. The first-order chi connectivity index (χ1) is 18.0. The minimum atomic E-state index is -0.448. The maximum atomic E-state index is 13.9. The quantitative estimate of drug-likeness (QED) is 0.309. The molecule has 1 aromatic heterocycles. The van der Waals surface area contributed by atoms with Crippen LogP contribution >= 0.6 is 0 Å². The summed E-state index contributed by atoms with van der Waals surface area (Å²) in [6, 6.07) is 20.3. The van der Waals surface area contributed by atoms with Gasteiger partial charge in [-0.1, -0.05) is 69.0 Å². The Morgan fingerprint density at radius 1 is 0.973 bits per heavy atom. The van der Waals surface area contributed by atoms with Crippen molar-refractivity contribution in [2.24, 2.45) is 0 Å². The second-order valence-electron chi connectivity index (χ2n) is 10.0. The number of carbonyl (C=O) groups is 2. The van der Waals surface area contributed by atoms with Crippen LogP contribution in [0.15, 0.2) is 72.9 Å². The molecule has 196 valence electrons. The van der Waals surface area contributed by atoms with E-state index in [4.69, 9.17) is 0 Å². The van der Waals surface area contributed by atoms with Crippen LogP contribution in [0.25, 0.3) is 0 Å². The van der Waals surface area contributed by atoms with Crippen molar-refractivity contribution in [1.29, 1.82) is 0 Å². The Morgan fingerprint density at radius 2 is 1.76 bits per heavy atom. The number of nitrogens with zero attached hydrogens (tertiary/aromatic N) is 3. The van der Waals surface area contributed by atoms with Crippen LogP contribution in [0, 0.1) is 5.82 Å². The molecule has 37 heavy (non-hydrogen) atoms. The molecule has 0 spiro atoms. The third kappa shape index (κ3) is 7.31. The van der Waals surface area contributed by atoms with Crippen LogP contribution in [0.1, 0.15) is 73.5 Å². The zero-order chi connectivity index (χ0) is 26.0. The van der Waals surface area contributed by atoms with Crippen LogP contribution < -0.4 is 0 Å². The van der Waals surface area contributed by atoms with Crippen molar-refractivity contribution in [2.45, 2.75) is 71.0 Å². The van der Waals surface area contributed by atoms with E-state index in [1.165, 1.54) is 30.2 Å². The number of halogens is 1. The van der Waals surface area contributed by atoms with Gasteiger partial charge in [0, 0.05) is 36.6 Å². The fourth-order valence-corrected chi connectivity index (χ4v) is 5.18. The van der Waals surface area contributed by atoms with Crippen LogP contribution in [-0.4, -0.2) is 45.3 Å². The van der Waals surface area contributed by atoms with Crippen molar-refractivity contribution < 1.29 is 14.0 Å². The Morgan fingerprint density at radius 3 is 2.49 bits per heavy atom. The molecule has 0 radical (unpaired) electrons. The van der Waals surface area contributed by atoms with Gasteiger partial charge in [0.05, 0.1) is 6.54 Å². The summed E-state index contributed by atoms with van der Waals surface area (Å²) >= 11 is 0. The summed E-state index contributed by atoms with van der Waals surface area (Å²) in [5.74, 6) is -0.784. The Kier molecular flexibility index (Phi) is 9.52. The number of amides is 2. The monoisotopic (exact) mass is 503 g/mol. The molecule has 0 atom stereocenters. The van der Waals surface area contributed by atoms with Gasteiger partial charge < -0.3 is 14.4 Å². The normalized spacial score (nSPS) is 13.9. The Bertz CT molecular complexity index is 1150. The van der Waals surface area contributed by atoms with Crippen LogP contribution in [0.4, 0.5) is 4.39 Å². The highest BCUT2D eigenvalue weighted by Gasteiger charge is 2.29. The maximum Gasteiger partial charge on any atom is 0.254 e. The van der Waals surface area contributed by atoms with E-state index < -0.39 is 5.82 Å². The van der Waals surface area contributed by atoms with Gasteiger partial charge in [-0.3, -0.25) is 9.59 Å². The molecule has 1 aliphatic rings. The second-order valence-corrected chi connectivity index (χ2v) is 10.0. The van der Waals surface area contributed by atoms with Gasteiger partial charge >= 0.3 is 0 Å². The molecule has 1 aliphatic carbocycles. The molecule has 1 saturated carbocycles. The molecule has 0 unspecified atom stereocenters. The molecule has 2 aromatic carbocycles. The van der Waals surface area contributed by atoms with Gasteiger partial charge in [0.1, 0.15) is 12.4 Å². The van der Waals surface area contributed by atoms with Gasteiger partial charge in [-0.2, -0.15) is 0 Å². The van der Waals surface area contributed by atoms with Crippen LogP contribution in [0.2, 0.25) is 0 Å². The predicted molar refractivity (Wildman–Crippen MR) is 145 cm³/mol. The lowest BCUT2D eigenvalue weighted by molar-refractivity contribution is -0.135. The first kappa shape index (κ1) is 26.6. The fraction of sp³-hybridized carbons (Fsp3) is 0.419. The highest BCUT2D eigenvalue weighted by atomic mass is 19.1. The average Bonchev–Trinajstić information content (AvgIpc) is 3.36. The van der Waals surface area contributed by atoms with Crippen LogP contribution in [0.3, 0.4) is 0 Å². The van der Waals surface area contributed by atoms with Gasteiger partial charge in [-0.15, -0.1) is 0 Å².